The molecule has 3 aromatic rings. The molecule has 0 unspecified atom stereocenters. The lowest BCUT2D eigenvalue weighted by atomic mass is 10.1. The van der Waals surface area contributed by atoms with Crippen LogP contribution in [0.3, 0.4) is 0 Å². The van der Waals surface area contributed by atoms with Gasteiger partial charge in [-0.05, 0) is 55.0 Å². The Morgan fingerprint density at radius 3 is 2.40 bits per heavy atom. The Kier molecular flexibility index (Phi) is 6.18. The fourth-order valence-corrected chi connectivity index (χ4v) is 3.08. The summed E-state index contributed by atoms with van der Waals surface area (Å²) in [5.41, 5.74) is 1.95. The standard InChI is InChI=1S/C23H21N3O4/c1-15-7-8-21(23(28)26(15)18-6-4-5-16(9-18)13-24)22(27)25-14-17-10-19(29-2)12-20(11-17)30-3/h4-12H,14H2,1-3H3,(H,25,27). The molecule has 1 aromatic heterocycles. The van der Waals surface area contributed by atoms with E-state index in [2.05, 4.69) is 11.4 Å². The van der Waals surface area contributed by atoms with Gasteiger partial charge in [0.05, 0.1) is 31.5 Å². The van der Waals surface area contributed by atoms with E-state index >= 15 is 0 Å². The predicted molar refractivity (Wildman–Crippen MR) is 112 cm³/mol. The summed E-state index contributed by atoms with van der Waals surface area (Å²) in [6.07, 6.45) is 0. The molecule has 0 spiro atoms. The maximum absolute atomic E-state index is 13.0. The number of hydrogen-bond donors (Lipinski definition) is 1. The van der Waals surface area contributed by atoms with Crippen molar-refractivity contribution >= 4 is 5.91 Å². The quantitative estimate of drug-likeness (QED) is 0.683. The van der Waals surface area contributed by atoms with Crippen LogP contribution in [0.2, 0.25) is 0 Å². The first kappa shape index (κ1) is 20.7. The van der Waals surface area contributed by atoms with Gasteiger partial charge >= 0.3 is 0 Å². The number of rotatable bonds is 6. The molecule has 152 valence electrons. The predicted octanol–water partition coefficient (Wildman–Crippen LogP) is 2.96. The normalized spacial score (nSPS) is 10.2. The van der Waals surface area contributed by atoms with Crippen LogP contribution in [-0.2, 0) is 6.54 Å². The van der Waals surface area contributed by atoms with E-state index in [0.29, 0.717) is 28.4 Å². The highest BCUT2D eigenvalue weighted by atomic mass is 16.5. The molecule has 2 aromatic carbocycles. The van der Waals surface area contributed by atoms with Gasteiger partial charge < -0.3 is 14.8 Å². The Balaban J connectivity index is 1.89. The van der Waals surface area contributed by atoms with Gasteiger partial charge in [-0.1, -0.05) is 6.07 Å². The smallest absolute Gasteiger partial charge is 0.268 e. The monoisotopic (exact) mass is 403 g/mol. The van der Waals surface area contributed by atoms with Crippen molar-refractivity contribution in [1.29, 1.82) is 5.26 Å². The summed E-state index contributed by atoms with van der Waals surface area (Å²) in [6.45, 7) is 1.97. The number of carbonyl (C=O) groups is 1. The minimum absolute atomic E-state index is 0.0119. The first-order chi connectivity index (χ1) is 14.5. The maximum atomic E-state index is 13.0. The number of nitrogens with one attached hydrogen (secondary N) is 1. The minimum Gasteiger partial charge on any atom is -0.497 e. The third-order valence-electron chi connectivity index (χ3n) is 4.62. The average Bonchev–Trinajstić information content (AvgIpc) is 2.77. The zero-order valence-electron chi connectivity index (χ0n) is 16.9. The summed E-state index contributed by atoms with van der Waals surface area (Å²) in [5.74, 6) is 0.717. The summed E-state index contributed by atoms with van der Waals surface area (Å²) in [6, 6.07) is 17.2. The lowest BCUT2D eigenvalue weighted by Crippen LogP contribution is -2.33. The van der Waals surface area contributed by atoms with Crippen molar-refractivity contribution in [2.24, 2.45) is 0 Å². The van der Waals surface area contributed by atoms with Crippen molar-refractivity contribution in [2.45, 2.75) is 13.5 Å². The molecule has 7 heteroatoms. The number of ether oxygens (including phenoxy) is 2. The Labute approximate surface area is 174 Å². The minimum atomic E-state index is -0.494. The molecule has 0 saturated carbocycles. The second-order valence-electron chi connectivity index (χ2n) is 6.59. The van der Waals surface area contributed by atoms with E-state index in [0.717, 1.165) is 5.56 Å². The molecule has 3 rings (SSSR count). The van der Waals surface area contributed by atoms with E-state index in [4.69, 9.17) is 14.7 Å². The number of hydrogen-bond acceptors (Lipinski definition) is 5. The summed E-state index contributed by atoms with van der Waals surface area (Å²) < 4.78 is 11.9. The molecule has 1 heterocycles. The van der Waals surface area contributed by atoms with Crippen LogP contribution in [-0.4, -0.2) is 24.7 Å². The maximum Gasteiger partial charge on any atom is 0.268 e. The summed E-state index contributed by atoms with van der Waals surface area (Å²) in [4.78, 5) is 25.7. The average molecular weight is 403 g/mol. The lowest BCUT2D eigenvalue weighted by molar-refractivity contribution is 0.0949. The van der Waals surface area contributed by atoms with Gasteiger partial charge in [0.2, 0.25) is 0 Å². The van der Waals surface area contributed by atoms with Crippen LogP contribution in [0.5, 0.6) is 11.5 Å². The van der Waals surface area contributed by atoms with Crippen LogP contribution in [0, 0.1) is 18.3 Å². The molecular formula is C23H21N3O4. The Morgan fingerprint density at radius 1 is 1.07 bits per heavy atom. The van der Waals surface area contributed by atoms with Crippen LogP contribution < -0.4 is 20.3 Å². The highest BCUT2D eigenvalue weighted by molar-refractivity contribution is 5.93. The first-order valence-electron chi connectivity index (χ1n) is 9.20. The van der Waals surface area contributed by atoms with Gasteiger partial charge in [0.25, 0.3) is 11.5 Å². The number of aryl methyl sites for hydroxylation is 1. The van der Waals surface area contributed by atoms with Gasteiger partial charge in [0.15, 0.2) is 0 Å². The third kappa shape index (κ3) is 4.33. The molecular weight excluding hydrogens is 382 g/mol. The van der Waals surface area contributed by atoms with Crippen LogP contribution in [0.1, 0.15) is 27.2 Å². The van der Waals surface area contributed by atoms with Crippen LogP contribution in [0.15, 0.2) is 59.4 Å². The highest BCUT2D eigenvalue weighted by Gasteiger charge is 2.15. The van der Waals surface area contributed by atoms with Gasteiger partial charge in [0.1, 0.15) is 17.1 Å². The van der Waals surface area contributed by atoms with E-state index in [9.17, 15) is 9.59 Å². The van der Waals surface area contributed by atoms with E-state index < -0.39 is 11.5 Å². The second-order valence-corrected chi connectivity index (χ2v) is 6.59. The molecule has 0 radical (unpaired) electrons. The zero-order valence-corrected chi connectivity index (χ0v) is 16.9. The second kappa shape index (κ2) is 8.97. The molecule has 1 amide bonds. The number of aromatic nitrogens is 1. The van der Waals surface area contributed by atoms with E-state index in [1.807, 2.05) is 0 Å². The largest absolute Gasteiger partial charge is 0.497 e. The van der Waals surface area contributed by atoms with Crippen LogP contribution in [0.25, 0.3) is 5.69 Å². The number of methoxy groups -OCH3 is 2. The number of carbonyl (C=O) groups excluding carboxylic acids is 1. The number of pyridine rings is 1. The van der Waals surface area contributed by atoms with Gasteiger partial charge in [-0.2, -0.15) is 5.26 Å². The van der Waals surface area contributed by atoms with E-state index in [-0.39, 0.29) is 12.1 Å². The van der Waals surface area contributed by atoms with E-state index in [1.165, 1.54) is 10.6 Å². The van der Waals surface area contributed by atoms with Gasteiger partial charge in [-0.25, -0.2) is 0 Å². The molecule has 0 fully saturated rings. The zero-order chi connectivity index (χ0) is 21.7. The topological polar surface area (TPSA) is 93.4 Å². The molecule has 7 nitrogen and oxygen atoms in total. The molecule has 0 aliphatic carbocycles. The van der Waals surface area contributed by atoms with Crippen molar-refractivity contribution in [3.05, 3.63) is 87.3 Å². The van der Waals surface area contributed by atoms with Crippen LogP contribution in [0.4, 0.5) is 0 Å². The summed E-state index contributed by atoms with van der Waals surface area (Å²) in [5, 5.41) is 11.9. The summed E-state index contributed by atoms with van der Waals surface area (Å²) in [7, 11) is 3.10. The Hall–Kier alpha value is -4.05. The van der Waals surface area contributed by atoms with Gasteiger partial charge in [0, 0.05) is 18.3 Å². The third-order valence-corrected chi connectivity index (χ3v) is 4.62. The van der Waals surface area contributed by atoms with Gasteiger partial charge in [-0.3, -0.25) is 14.2 Å². The fraction of sp³-hybridized carbons (Fsp3) is 0.174. The van der Waals surface area contributed by atoms with Crippen molar-refractivity contribution in [2.75, 3.05) is 14.2 Å². The van der Waals surface area contributed by atoms with Crippen molar-refractivity contribution in [3.63, 3.8) is 0 Å². The van der Waals surface area contributed by atoms with Crippen LogP contribution >= 0.6 is 0 Å². The molecule has 0 bridgehead atoms. The molecule has 0 atom stereocenters. The molecule has 0 aliphatic heterocycles. The highest BCUT2D eigenvalue weighted by Crippen LogP contribution is 2.22. The number of nitriles is 1. The molecule has 30 heavy (non-hydrogen) atoms. The van der Waals surface area contributed by atoms with Crippen molar-refractivity contribution in [3.8, 4) is 23.3 Å². The first-order valence-corrected chi connectivity index (χ1v) is 9.20. The molecule has 0 aliphatic rings. The Bertz CT molecular complexity index is 1170. The lowest BCUT2D eigenvalue weighted by Gasteiger charge is -2.13. The number of nitrogens with zero attached hydrogens (tertiary/aromatic N) is 2. The van der Waals surface area contributed by atoms with Crippen molar-refractivity contribution < 1.29 is 14.3 Å². The van der Waals surface area contributed by atoms with Gasteiger partial charge in [-0.15, -0.1) is 0 Å². The number of amides is 1. The SMILES string of the molecule is COc1cc(CNC(=O)c2ccc(C)n(-c3cccc(C#N)c3)c2=O)cc(OC)c1. The molecule has 0 saturated heterocycles. The fourth-order valence-electron chi connectivity index (χ4n) is 3.08. The Morgan fingerprint density at radius 2 is 1.77 bits per heavy atom. The number of benzene rings is 2. The van der Waals surface area contributed by atoms with Crippen molar-refractivity contribution in [1.82, 2.24) is 9.88 Å². The summed E-state index contributed by atoms with van der Waals surface area (Å²) >= 11 is 0. The molecule has 1 N–H and O–H groups in total. The van der Waals surface area contributed by atoms with E-state index in [1.54, 1.807) is 69.7 Å².